The van der Waals surface area contributed by atoms with E-state index in [1.54, 1.807) is 17.7 Å². The number of hydrogen-bond donors (Lipinski definition) is 0. The first-order chi connectivity index (χ1) is 10.5. The zero-order chi connectivity index (χ0) is 15.7. The van der Waals surface area contributed by atoms with Crippen molar-refractivity contribution in [2.45, 2.75) is 6.54 Å². The number of aryl methyl sites for hydroxylation is 1. The van der Waals surface area contributed by atoms with Crippen LogP contribution in [0.15, 0.2) is 53.6 Å². The van der Waals surface area contributed by atoms with Crippen LogP contribution in [0, 0.1) is 0 Å². The normalized spacial score (nSPS) is 11.5. The molecule has 0 aliphatic carbocycles. The van der Waals surface area contributed by atoms with Crippen molar-refractivity contribution in [1.29, 1.82) is 0 Å². The predicted octanol–water partition coefficient (Wildman–Crippen LogP) is 2.57. The van der Waals surface area contributed by atoms with Crippen LogP contribution in [0.3, 0.4) is 0 Å². The molecule has 0 radical (unpaired) electrons. The van der Waals surface area contributed by atoms with Gasteiger partial charge in [-0.1, -0.05) is 12.1 Å². The predicted molar refractivity (Wildman–Crippen MR) is 91.2 cm³/mol. The molecule has 0 spiro atoms. The lowest BCUT2D eigenvalue weighted by Crippen LogP contribution is -2.17. The molecule has 3 rings (SSSR count). The van der Waals surface area contributed by atoms with Crippen LogP contribution in [0.1, 0.15) is 0 Å². The van der Waals surface area contributed by atoms with Crippen LogP contribution in [0.25, 0.3) is 22.0 Å². The molecule has 22 heavy (non-hydrogen) atoms. The Balaban J connectivity index is 2.02. The number of benzene rings is 1. The Labute approximate surface area is 130 Å². The summed E-state index contributed by atoms with van der Waals surface area (Å²) in [4.78, 5) is 13.7. The van der Waals surface area contributed by atoms with Gasteiger partial charge >= 0.3 is 0 Å². The second-order valence-corrected chi connectivity index (χ2v) is 5.95. The SMILES string of the molecule is CN(C)CCn1ccc2ccc(-c3ccc(=O)n(C)c3)cc21. The molecule has 0 saturated heterocycles. The van der Waals surface area contributed by atoms with Crippen molar-refractivity contribution in [1.82, 2.24) is 14.0 Å². The van der Waals surface area contributed by atoms with Gasteiger partial charge in [-0.25, -0.2) is 0 Å². The van der Waals surface area contributed by atoms with Gasteiger partial charge in [0.25, 0.3) is 0 Å². The van der Waals surface area contributed by atoms with Crippen molar-refractivity contribution < 1.29 is 0 Å². The van der Waals surface area contributed by atoms with Gasteiger partial charge in [-0.3, -0.25) is 4.79 Å². The van der Waals surface area contributed by atoms with Crippen molar-refractivity contribution in [3.8, 4) is 11.1 Å². The van der Waals surface area contributed by atoms with Crippen molar-refractivity contribution in [3.63, 3.8) is 0 Å². The Morgan fingerprint density at radius 3 is 2.55 bits per heavy atom. The van der Waals surface area contributed by atoms with Crippen LogP contribution < -0.4 is 5.56 Å². The molecule has 0 fully saturated rings. The van der Waals surface area contributed by atoms with Crippen LogP contribution in [0.2, 0.25) is 0 Å². The van der Waals surface area contributed by atoms with E-state index in [1.807, 2.05) is 12.3 Å². The lowest BCUT2D eigenvalue weighted by atomic mass is 10.1. The van der Waals surface area contributed by atoms with Crippen LogP contribution >= 0.6 is 0 Å². The summed E-state index contributed by atoms with van der Waals surface area (Å²) >= 11 is 0. The molecular formula is C18H21N3O. The van der Waals surface area contributed by atoms with Crippen LogP contribution in [0.5, 0.6) is 0 Å². The number of rotatable bonds is 4. The van der Waals surface area contributed by atoms with Crippen molar-refractivity contribution >= 4 is 10.9 Å². The smallest absolute Gasteiger partial charge is 0.250 e. The monoisotopic (exact) mass is 295 g/mol. The minimum Gasteiger partial charge on any atom is -0.346 e. The average molecular weight is 295 g/mol. The molecule has 114 valence electrons. The molecule has 0 aliphatic rings. The Morgan fingerprint density at radius 1 is 1.05 bits per heavy atom. The average Bonchev–Trinajstić information content (AvgIpc) is 2.90. The molecule has 0 bridgehead atoms. The fourth-order valence-electron chi connectivity index (χ4n) is 2.63. The summed E-state index contributed by atoms with van der Waals surface area (Å²) in [7, 11) is 5.95. The summed E-state index contributed by atoms with van der Waals surface area (Å²) in [6.07, 6.45) is 4.02. The van der Waals surface area contributed by atoms with Gasteiger partial charge in [0.1, 0.15) is 0 Å². The number of hydrogen-bond acceptors (Lipinski definition) is 2. The zero-order valence-electron chi connectivity index (χ0n) is 13.3. The lowest BCUT2D eigenvalue weighted by Gasteiger charge is -2.12. The largest absolute Gasteiger partial charge is 0.346 e. The minimum atomic E-state index is 0.0131. The summed E-state index contributed by atoms with van der Waals surface area (Å²) < 4.78 is 3.89. The van der Waals surface area contributed by atoms with Gasteiger partial charge in [-0.15, -0.1) is 0 Å². The number of pyridine rings is 1. The molecule has 0 amide bonds. The molecule has 4 heteroatoms. The maximum atomic E-state index is 11.5. The van der Waals surface area contributed by atoms with E-state index in [1.165, 1.54) is 10.9 Å². The standard InChI is InChI=1S/C18H21N3O/c1-19(2)10-11-21-9-8-14-4-5-15(12-17(14)21)16-6-7-18(22)20(3)13-16/h4-9,12-13H,10-11H2,1-3H3. The number of fused-ring (bicyclic) bond motifs is 1. The van der Waals surface area contributed by atoms with Crippen molar-refractivity contribution in [2.24, 2.45) is 7.05 Å². The number of likely N-dealkylation sites (N-methyl/N-ethyl adjacent to an activating group) is 1. The first-order valence-electron chi connectivity index (χ1n) is 7.45. The quantitative estimate of drug-likeness (QED) is 0.740. The fraction of sp³-hybridized carbons (Fsp3) is 0.278. The van der Waals surface area contributed by atoms with E-state index in [0.717, 1.165) is 24.2 Å². The van der Waals surface area contributed by atoms with Gasteiger partial charge in [0.15, 0.2) is 0 Å². The molecule has 4 nitrogen and oxygen atoms in total. The Kier molecular flexibility index (Phi) is 3.86. The van der Waals surface area contributed by atoms with Crippen molar-refractivity contribution in [3.05, 3.63) is 59.1 Å². The van der Waals surface area contributed by atoms with Gasteiger partial charge < -0.3 is 14.0 Å². The summed E-state index contributed by atoms with van der Waals surface area (Å²) in [5.74, 6) is 0. The molecular weight excluding hydrogens is 274 g/mol. The first kappa shape index (κ1) is 14.6. The highest BCUT2D eigenvalue weighted by Gasteiger charge is 2.05. The fourth-order valence-corrected chi connectivity index (χ4v) is 2.63. The van der Waals surface area contributed by atoms with E-state index >= 15 is 0 Å². The van der Waals surface area contributed by atoms with Gasteiger partial charge in [0, 0.05) is 44.1 Å². The number of nitrogens with zero attached hydrogens (tertiary/aromatic N) is 3. The van der Waals surface area contributed by atoms with Crippen LogP contribution in [0.4, 0.5) is 0 Å². The topological polar surface area (TPSA) is 30.2 Å². The molecule has 0 unspecified atom stereocenters. The van der Waals surface area contributed by atoms with Crippen LogP contribution in [-0.4, -0.2) is 34.7 Å². The maximum absolute atomic E-state index is 11.5. The molecule has 0 atom stereocenters. The first-order valence-corrected chi connectivity index (χ1v) is 7.45. The third-order valence-corrected chi connectivity index (χ3v) is 3.98. The van der Waals surface area contributed by atoms with Gasteiger partial charge in [0.2, 0.25) is 5.56 Å². The van der Waals surface area contributed by atoms with E-state index in [9.17, 15) is 4.79 Å². The molecule has 3 aromatic rings. The summed E-state index contributed by atoms with van der Waals surface area (Å²) in [5.41, 5.74) is 3.43. The van der Waals surface area contributed by atoms with Crippen LogP contribution in [-0.2, 0) is 13.6 Å². The second kappa shape index (κ2) is 5.81. The molecule has 0 saturated carbocycles. The Morgan fingerprint density at radius 2 is 1.82 bits per heavy atom. The van der Waals surface area contributed by atoms with E-state index in [0.29, 0.717) is 0 Å². The van der Waals surface area contributed by atoms with Gasteiger partial charge in [0.05, 0.1) is 0 Å². The van der Waals surface area contributed by atoms with E-state index < -0.39 is 0 Å². The molecule has 2 heterocycles. The number of aromatic nitrogens is 2. The molecule has 0 aliphatic heterocycles. The van der Waals surface area contributed by atoms with Crippen molar-refractivity contribution in [2.75, 3.05) is 20.6 Å². The highest BCUT2D eigenvalue weighted by Crippen LogP contribution is 2.24. The van der Waals surface area contributed by atoms with E-state index in [4.69, 9.17) is 0 Å². The summed E-state index contributed by atoms with van der Waals surface area (Å²) in [6.45, 7) is 1.97. The summed E-state index contributed by atoms with van der Waals surface area (Å²) in [6, 6.07) is 12.1. The minimum absolute atomic E-state index is 0.0131. The molecule has 1 aromatic carbocycles. The third kappa shape index (κ3) is 2.83. The Hall–Kier alpha value is -2.33. The summed E-state index contributed by atoms with van der Waals surface area (Å²) in [5, 5.41) is 1.24. The Bertz CT molecular complexity index is 858. The zero-order valence-corrected chi connectivity index (χ0v) is 13.3. The maximum Gasteiger partial charge on any atom is 0.250 e. The third-order valence-electron chi connectivity index (χ3n) is 3.98. The molecule has 2 aromatic heterocycles. The van der Waals surface area contributed by atoms with E-state index in [-0.39, 0.29) is 5.56 Å². The lowest BCUT2D eigenvalue weighted by molar-refractivity contribution is 0.387. The van der Waals surface area contributed by atoms with Gasteiger partial charge in [-0.2, -0.15) is 0 Å². The second-order valence-electron chi connectivity index (χ2n) is 5.95. The van der Waals surface area contributed by atoms with Gasteiger partial charge in [-0.05, 0) is 48.8 Å². The highest BCUT2D eigenvalue weighted by molar-refractivity contribution is 5.85. The highest BCUT2D eigenvalue weighted by atomic mass is 16.1. The van der Waals surface area contributed by atoms with E-state index in [2.05, 4.69) is 54.0 Å². The molecule has 0 N–H and O–H groups in total.